The molecule has 0 amide bonds. The predicted octanol–water partition coefficient (Wildman–Crippen LogP) is 39.4. The van der Waals surface area contributed by atoms with Crippen molar-refractivity contribution in [1.82, 2.24) is 0 Å². The molecule has 1 fully saturated rings. The molecule has 1 aliphatic carbocycles. The van der Waals surface area contributed by atoms with Gasteiger partial charge in [0.25, 0.3) is 0 Å². The molecule has 0 aromatic carbocycles. The molecule has 0 heteroatoms. The third-order valence-corrected chi connectivity index (χ3v) is 27.5. The molecule has 0 aliphatic heterocycles. The van der Waals surface area contributed by atoms with Crippen molar-refractivity contribution in [2.45, 2.75) is 620 Å². The van der Waals surface area contributed by atoms with E-state index in [0.717, 1.165) is 47.3 Å². The summed E-state index contributed by atoms with van der Waals surface area (Å²) in [6.45, 7) is 19.6. The fourth-order valence-electron chi connectivity index (χ4n) is 19.5. The first kappa shape index (κ1) is 102. The molecular weight excluding hydrogens is 1250 g/mol. The fraction of sp³-hybridized carbons (Fsp3) is 1.00. The van der Waals surface area contributed by atoms with Gasteiger partial charge >= 0.3 is 0 Å². The zero-order chi connectivity index (χ0) is 74.8. The maximum absolute atomic E-state index is 2.66. The van der Waals surface area contributed by atoms with Crippen molar-refractivity contribution in [2.24, 2.45) is 47.3 Å². The van der Waals surface area contributed by atoms with Crippen LogP contribution in [0.4, 0.5) is 0 Å². The molecular formula is C104H208. The van der Waals surface area contributed by atoms with E-state index in [-0.39, 0.29) is 0 Å². The molecule has 1 rings (SSSR count). The fourth-order valence-corrected chi connectivity index (χ4v) is 19.5. The van der Waals surface area contributed by atoms with Crippen LogP contribution < -0.4 is 0 Å². The molecule has 0 N–H and O–H groups in total. The first-order valence-corrected chi connectivity index (χ1v) is 51.4. The number of rotatable bonds is 93. The maximum Gasteiger partial charge on any atom is -0.0383 e. The van der Waals surface area contributed by atoms with Gasteiger partial charge in [0.05, 0.1) is 0 Å². The van der Waals surface area contributed by atoms with Gasteiger partial charge in [0, 0.05) is 0 Å². The summed E-state index contributed by atoms with van der Waals surface area (Å²) >= 11 is 0. The second-order valence-corrected chi connectivity index (χ2v) is 37.8. The molecule has 0 heterocycles. The van der Waals surface area contributed by atoms with Crippen molar-refractivity contribution in [3.8, 4) is 0 Å². The van der Waals surface area contributed by atoms with Gasteiger partial charge in [-0.1, -0.05) is 608 Å². The maximum atomic E-state index is 2.66. The van der Waals surface area contributed by atoms with Crippen LogP contribution in [-0.2, 0) is 0 Å². The smallest absolute Gasteiger partial charge is 0.0383 e. The largest absolute Gasteiger partial charge is 0.0654 e. The third kappa shape index (κ3) is 74.7. The molecule has 0 saturated heterocycles. The van der Waals surface area contributed by atoms with Crippen LogP contribution in [0.3, 0.4) is 0 Å². The Morgan fingerprint density at radius 3 is 0.519 bits per heavy atom. The SMILES string of the molecule is CCCCCCCCCC(CCC)CCCCCCCCCCCCCCCCCCCCCCCCCCCCCCCCCCCCCCCC(CCCCCCCCCCCCCCCCC(CCCCCC)C(C)CCCCCC(CCCCCC)C(C)CCCCCCC)CC1CC1C. The average molecular weight is 1460 g/mol. The molecule has 1 aliphatic rings. The van der Waals surface area contributed by atoms with E-state index in [1.807, 2.05) is 0 Å². The zero-order valence-corrected chi connectivity index (χ0v) is 74.8. The van der Waals surface area contributed by atoms with Gasteiger partial charge in [-0.15, -0.1) is 0 Å². The van der Waals surface area contributed by atoms with Gasteiger partial charge in [0.15, 0.2) is 0 Å². The Morgan fingerprint density at radius 1 is 0.173 bits per heavy atom. The summed E-state index contributed by atoms with van der Waals surface area (Å²) in [6, 6.07) is 0. The Kier molecular flexibility index (Phi) is 83.8. The van der Waals surface area contributed by atoms with Crippen LogP contribution in [0.1, 0.15) is 620 Å². The average Bonchev–Trinajstić information content (AvgIpc) is 1.71. The normalized spacial score (nSPS) is 15.7. The second kappa shape index (κ2) is 85.4. The summed E-state index contributed by atoms with van der Waals surface area (Å²) in [4.78, 5) is 0. The van der Waals surface area contributed by atoms with E-state index in [4.69, 9.17) is 0 Å². The lowest BCUT2D eigenvalue weighted by Gasteiger charge is -2.26. The van der Waals surface area contributed by atoms with Crippen molar-refractivity contribution in [3.05, 3.63) is 0 Å². The van der Waals surface area contributed by atoms with Crippen LogP contribution in [-0.4, -0.2) is 0 Å². The van der Waals surface area contributed by atoms with E-state index in [1.165, 1.54) is 546 Å². The van der Waals surface area contributed by atoms with E-state index >= 15 is 0 Å². The molecule has 0 aromatic heterocycles. The van der Waals surface area contributed by atoms with E-state index in [0.29, 0.717) is 0 Å². The number of hydrogen-bond acceptors (Lipinski definition) is 0. The van der Waals surface area contributed by atoms with Crippen molar-refractivity contribution < 1.29 is 0 Å². The Bertz CT molecular complexity index is 1520. The highest BCUT2D eigenvalue weighted by molar-refractivity contribution is 4.84. The van der Waals surface area contributed by atoms with E-state index in [1.54, 1.807) is 19.3 Å². The molecule has 0 bridgehead atoms. The van der Waals surface area contributed by atoms with Crippen LogP contribution in [0.5, 0.6) is 0 Å². The first-order valence-electron chi connectivity index (χ1n) is 51.4. The topological polar surface area (TPSA) is 0 Å². The van der Waals surface area contributed by atoms with Gasteiger partial charge in [-0.25, -0.2) is 0 Å². The first-order chi connectivity index (χ1) is 51.4. The molecule has 8 atom stereocenters. The lowest BCUT2D eigenvalue weighted by Crippen LogP contribution is -2.13. The van der Waals surface area contributed by atoms with Crippen molar-refractivity contribution >= 4 is 0 Å². The minimum atomic E-state index is 0.933. The van der Waals surface area contributed by atoms with Crippen LogP contribution in [0, 0.1) is 47.3 Å². The van der Waals surface area contributed by atoms with Gasteiger partial charge in [-0.2, -0.15) is 0 Å². The zero-order valence-electron chi connectivity index (χ0n) is 74.8. The van der Waals surface area contributed by atoms with Crippen LogP contribution in [0.2, 0.25) is 0 Å². The summed E-state index contributed by atoms with van der Waals surface area (Å²) in [5, 5.41) is 0. The molecule has 0 spiro atoms. The lowest BCUT2D eigenvalue weighted by molar-refractivity contribution is 0.261. The summed E-state index contributed by atoms with van der Waals surface area (Å²) in [7, 11) is 0. The molecule has 104 heavy (non-hydrogen) atoms. The van der Waals surface area contributed by atoms with Crippen molar-refractivity contribution in [1.29, 1.82) is 0 Å². The van der Waals surface area contributed by atoms with E-state index in [9.17, 15) is 0 Å². The minimum absolute atomic E-state index is 0.933. The van der Waals surface area contributed by atoms with E-state index < -0.39 is 0 Å². The lowest BCUT2D eigenvalue weighted by atomic mass is 9.80. The van der Waals surface area contributed by atoms with Gasteiger partial charge in [0.2, 0.25) is 0 Å². The van der Waals surface area contributed by atoms with Gasteiger partial charge in [0.1, 0.15) is 0 Å². The van der Waals surface area contributed by atoms with Crippen molar-refractivity contribution in [2.75, 3.05) is 0 Å². The molecule has 0 radical (unpaired) electrons. The molecule has 0 aromatic rings. The summed E-state index contributed by atoms with van der Waals surface area (Å²) in [5.41, 5.74) is 0. The predicted molar refractivity (Wildman–Crippen MR) is 480 cm³/mol. The molecule has 1 saturated carbocycles. The van der Waals surface area contributed by atoms with Gasteiger partial charge in [-0.05, 0) is 60.2 Å². The quantitative estimate of drug-likeness (QED) is 0.0533. The Labute approximate surface area is 663 Å². The second-order valence-electron chi connectivity index (χ2n) is 37.8. The third-order valence-electron chi connectivity index (χ3n) is 27.5. The highest BCUT2D eigenvalue weighted by Gasteiger charge is 2.34. The van der Waals surface area contributed by atoms with Gasteiger partial charge < -0.3 is 0 Å². The van der Waals surface area contributed by atoms with Crippen molar-refractivity contribution in [3.63, 3.8) is 0 Å². The summed E-state index contributed by atoms with van der Waals surface area (Å²) in [5.74, 6) is 8.03. The van der Waals surface area contributed by atoms with E-state index in [2.05, 4.69) is 55.4 Å². The highest BCUT2D eigenvalue weighted by atomic mass is 14.4. The molecule has 624 valence electrons. The summed E-state index contributed by atoms with van der Waals surface area (Å²) < 4.78 is 0. The Morgan fingerprint density at radius 2 is 0.327 bits per heavy atom. The molecule has 0 nitrogen and oxygen atoms in total. The standard InChI is InChI=1S/C104H208/c1-9-14-18-22-62-68-76-87-100(84-13-5)88-77-69-63-58-54-50-46-44-42-40-38-36-34-32-30-28-26-24-23-25-27-29-31-33-35-37-39-41-43-45-47-51-55-59-64-70-78-89-101(96-104-95-99(104)8)90-79-71-65-60-56-52-48-49-53-57-61-66-72-82-93-102(91-80-20-16-11-3)98(7)86-75-73-83-94-103(92-81-21-17-12-4)97(6)85-74-67-19-15-10-2/h97-104H,9-96H2,1-8H3. The Hall–Kier alpha value is 0. The Balaban J connectivity index is 1.90. The highest BCUT2D eigenvalue weighted by Crippen LogP contribution is 2.44. The summed E-state index contributed by atoms with van der Waals surface area (Å²) in [6.07, 6.45) is 131. The van der Waals surface area contributed by atoms with Crippen LogP contribution in [0.25, 0.3) is 0 Å². The number of hydrogen-bond donors (Lipinski definition) is 0. The number of unbranched alkanes of at least 4 members (excludes halogenated alkanes) is 67. The monoisotopic (exact) mass is 1460 g/mol. The molecule has 8 unspecified atom stereocenters. The van der Waals surface area contributed by atoms with Crippen LogP contribution >= 0.6 is 0 Å². The minimum Gasteiger partial charge on any atom is -0.0654 e. The van der Waals surface area contributed by atoms with Crippen LogP contribution in [0.15, 0.2) is 0 Å². The van der Waals surface area contributed by atoms with Gasteiger partial charge in [-0.3, -0.25) is 0 Å².